The zero-order valence-electron chi connectivity index (χ0n) is 10.9. The molecule has 0 aromatic heterocycles. The molecule has 1 aliphatic rings. The van der Waals surface area contributed by atoms with Crippen LogP contribution in [0.4, 0.5) is 0 Å². The largest absolute Gasteiger partial charge is 0.481 e. The second-order valence-corrected chi connectivity index (χ2v) is 5.36. The molecule has 1 aliphatic carbocycles. The molecule has 0 aliphatic heterocycles. The summed E-state index contributed by atoms with van der Waals surface area (Å²) in [5.74, 6) is -2.63. The maximum absolute atomic E-state index is 11.1. The average Bonchev–Trinajstić information content (AvgIpc) is 2.28. The molecule has 0 saturated heterocycles. The smallest absolute Gasteiger partial charge is 0.306 e. The Morgan fingerprint density at radius 3 is 1.33 bits per heavy atom. The molecule has 4 nitrogen and oxygen atoms in total. The molecule has 2 atom stereocenters. The van der Waals surface area contributed by atoms with E-state index in [1.807, 2.05) is 0 Å². The van der Waals surface area contributed by atoms with E-state index in [0.29, 0.717) is 19.3 Å². The summed E-state index contributed by atoms with van der Waals surface area (Å²) in [5.41, 5.74) is 0. The Kier molecular flexibility index (Phi) is 6.76. The van der Waals surface area contributed by atoms with E-state index < -0.39 is 23.8 Å². The first-order valence-electron chi connectivity index (χ1n) is 7.07. The second-order valence-electron chi connectivity index (χ2n) is 5.36. The predicted molar refractivity (Wildman–Crippen MR) is 68.4 cm³/mol. The number of carbonyl (C=O) groups is 2. The second kappa shape index (κ2) is 8.11. The molecule has 0 amide bonds. The Morgan fingerprint density at radius 2 is 1.00 bits per heavy atom. The minimum atomic E-state index is -0.835. The zero-order chi connectivity index (χ0) is 13.4. The number of carboxylic acid groups (broad SMARTS) is 2. The molecule has 2 N–H and O–H groups in total. The van der Waals surface area contributed by atoms with Crippen molar-refractivity contribution in [1.29, 1.82) is 0 Å². The lowest BCUT2D eigenvalue weighted by Gasteiger charge is -2.18. The molecule has 0 heterocycles. The van der Waals surface area contributed by atoms with Gasteiger partial charge in [-0.05, 0) is 19.3 Å². The van der Waals surface area contributed by atoms with E-state index in [4.69, 9.17) is 10.2 Å². The number of carboxylic acids is 2. The summed E-state index contributed by atoms with van der Waals surface area (Å²) in [6.45, 7) is 0. The highest BCUT2D eigenvalue weighted by Gasteiger charge is 2.26. The standard InChI is InChI=1S/C14H24O4/c15-13(16)11-8-6-4-2-1-3-5-7-9-12(10-11)14(17)18/h11-12H,1-10H2,(H,15,16)(H,17,18). The van der Waals surface area contributed by atoms with E-state index in [0.717, 1.165) is 25.7 Å². The third-order valence-electron chi connectivity index (χ3n) is 3.87. The van der Waals surface area contributed by atoms with Gasteiger partial charge in [0.15, 0.2) is 0 Å². The van der Waals surface area contributed by atoms with Crippen LogP contribution in [0.15, 0.2) is 0 Å². The maximum Gasteiger partial charge on any atom is 0.306 e. The third-order valence-corrected chi connectivity index (χ3v) is 3.87. The predicted octanol–water partition coefficient (Wildman–Crippen LogP) is 3.30. The van der Waals surface area contributed by atoms with Crippen molar-refractivity contribution in [2.45, 2.75) is 64.2 Å². The van der Waals surface area contributed by atoms with E-state index in [-0.39, 0.29) is 0 Å². The molecule has 0 aromatic rings. The van der Waals surface area contributed by atoms with Crippen molar-refractivity contribution in [2.75, 3.05) is 0 Å². The minimum absolute atomic E-state index is 0.296. The topological polar surface area (TPSA) is 74.6 Å². The molecule has 1 saturated carbocycles. The van der Waals surface area contributed by atoms with Gasteiger partial charge in [0, 0.05) is 0 Å². The van der Waals surface area contributed by atoms with Crippen LogP contribution in [-0.4, -0.2) is 22.2 Å². The Labute approximate surface area is 108 Å². The Bertz CT molecular complexity index is 249. The van der Waals surface area contributed by atoms with Gasteiger partial charge in [0.1, 0.15) is 0 Å². The number of hydrogen-bond donors (Lipinski definition) is 2. The van der Waals surface area contributed by atoms with Gasteiger partial charge in [0.2, 0.25) is 0 Å². The summed E-state index contributed by atoms with van der Waals surface area (Å²) in [6, 6.07) is 0. The van der Waals surface area contributed by atoms with Crippen LogP contribution in [0.1, 0.15) is 64.2 Å². The van der Waals surface area contributed by atoms with Crippen LogP contribution in [0.25, 0.3) is 0 Å². The van der Waals surface area contributed by atoms with Gasteiger partial charge in [-0.2, -0.15) is 0 Å². The Hall–Kier alpha value is -1.06. The van der Waals surface area contributed by atoms with E-state index in [1.165, 1.54) is 19.3 Å². The van der Waals surface area contributed by atoms with Crippen molar-refractivity contribution in [3.05, 3.63) is 0 Å². The molecule has 1 fully saturated rings. The number of hydrogen-bond acceptors (Lipinski definition) is 2. The Morgan fingerprint density at radius 1 is 0.667 bits per heavy atom. The van der Waals surface area contributed by atoms with Crippen molar-refractivity contribution >= 4 is 11.9 Å². The summed E-state index contributed by atoms with van der Waals surface area (Å²) < 4.78 is 0. The zero-order valence-corrected chi connectivity index (χ0v) is 10.9. The Balaban J connectivity index is 2.59. The van der Waals surface area contributed by atoms with Crippen molar-refractivity contribution < 1.29 is 19.8 Å². The lowest BCUT2D eigenvalue weighted by atomic mass is 9.86. The van der Waals surface area contributed by atoms with Gasteiger partial charge < -0.3 is 10.2 Å². The summed E-state index contributed by atoms with van der Waals surface area (Å²) in [5, 5.41) is 18.3. The van der Waals surface area contributed by atoms with Gasteiger partial charge in [0.25, 0.3) is 0 Å². The fraction of sp³-hybridized carbons (Fsp3) is 0.857. The molecular weight excluding hydrogens is 232 g/mol. The van der Waals surface area contributed by atoms with Crippen molar-refractivity contribution in [2.24, 2.45) is 11.8 Å². The van der Waals surface area contributed by atoms with Crippen molar-refractivity contribution in [1.82, 2.24) is 0 Å². The normalized spacial score (nSPS) is 27.8. The molecule has 4 heteroatoms. The first kappa shape index (κ1) is 15.0. The summed E-state index contributed by atoms with van der Waals surface area (Å²) in [6.07, 6.45) is 9.04. The highest BCUT2D eigenvalue weighted by atomic mass is 16.4. The average molecular weight is 256 g/mol. The number of aliphatic carboxylic acids is 2. The highest BCUT2D eigenvalue weighted by Crippen LogP contribution is 2.25. The van der Waals surface area contributed by atoms with Crippen LogP contribution in [0.5, 0.6) is 0 Å². The van der Waals surface area contributed by atoms with Crippen LogP contribution in [0.2, 0.25) is 0 Å². The van der Waals surface area contributed by atoms with Gasteiger partial charge in [0.05, 0.1) is 11.8 Å². The monoisotopic (exact) mass is 256 g/mol. The maximum atomic E-state index is 11.1. The molecule has 0 aromatic carbocycles. The summed E-state index contributed by atoms with van der Waals surface area (Å²) in [4.78, 5) is 22.3. The molecule has 0 bridgehead atoms. The van der Waals surface area contributed by atoms with E-state index in [1.54, 1.807) is 0 Å². The van der Waals surface area contributed by atoms with Crippen LogP contribution in [0.3, 0.4) is 0 Å². The van der Waals surface area contributed by atoms with E-state index >= 15 is 0 Å². The van der Waals surface area contributed by atoms with Gasteiger partial charge in [-0.15, -0.1) is 0 Å². The number of rotatable bonds is 2. The van der Waals surface area contributed by atoms with Crippen LogP contribution in [0, 0.1) is 11.8 Å². The van der Waals surface area contributed by atoms with Gasteiger partial charge in [-0.1, -0.05) is 44.9 Å². The van der Waals surface area contributed by atoms with E-state index in [2.05, 4.69) is 0 Å². The lowest BCUT2D eigenvalue weighted by Crippen LogP contribution is -2.23. The van der Waals surface area contributed by atoms with Crippen molar-refractivity contribution in [3.63, 3.8) is 0 Å². The van der Waals surface area contributed by atoms with E-state index in [9.17, 15) is 9.59 Å². The quantitative estimate of drug-likeness (QED) is 0.795. The van der Waals surface area contributed by atoms with Gasteiger partial charge in [-0.3, -0.25) is 9.59 Å². The van der Waals surface area contributed by atoms with Crippen LogP contribution < -0.4 is 0 Å². The van der Waals surface area contributed by atoms with Crippen molar-refractivity contribution in [3.8, 4) is 0 Å². The molecule has 2 unspecified atom stereocenters. The van der Waals surface area contributed by atoms with Gasteiger partial charge >= 0.3 is 11.9 Å². The first-order chi connectivity index (χ1) is 8.61. The van der Waals surface area contributed by atoms with Crippen LogP contribution >= 0.6 is 0 Å². The molecule has 104 valence electrons. The summed E-state index contributed by atoms with van der Waals surface area (Å²) in [7, 11) is 0. The molecule has 0 radical (unpaired) electrons. The third kappa shape index (κ3) is 5.52. The fourth-order valence-corrected chi connectivity index (χ4v) is 2.69. The lowest BCUT2D eigenvalue weighted by molar-refractivity contribution is -0.146. The minimum Gasteiger partial charge on any atom is -0.481 e. The fourth-order valence-electron chi connectivity index (χ4n) is 2.69. The molecule has 0 spiro atoms. The van der Waals surface area contributed by atoms with Crippen LogP contribution in [-0.2, 0) is 9.59 Å². The van der Waals surface area contributed by atoms with Gasteiger partial charge in [-0.25, -0.2) is 0 Å². The molecule has 18 heavy (non-hydrogen) atoms. The molecule has 1 rings (SSSR count). The highest BCUT2D eigenvalue weighted by molar-refractivity contribution is 5.73. The summed E-state index contributed by atoms with van der Waals surface area (Å²) >= 11 is 0. The SMILES string of the molecule is O=C(O)C1CCCCCCCCCC(C(=O)O)C1. The molecular formula is C14H24O4. The first-order valence-corrected chi connectivity index (χ1v) is 7.07.